The number of benzene rings is 1. The van der Waals surface area contributed by atoms with Crippen LogP contribution in [0.4, 0.5) is 5.69 Å². The molecule has 2 rings (SSSR count). The Morgan fingerprint density at radius 2 is 1.81 bits per heavy atom. The number of carbonyl (C=O) groups excluding carboxylic acids is 1. The van der Waals surface area contributed by atoms with E-state index in [0.29, 0.717) is 18.7 Å². The zero-order valence-electron chi connectivity index (χ0n) is 16.1. The average molecular weight is 382 g/mol. The number of rotatable bonds is 8. The summed E-state index contributed by atoms with van der Waals surface area (Å²) in [5.74, 6) is -0.240. The number of piperidine rings is 1. The van der Waals surface area contributed by atoms with Crippen LogP contribution in [-0.2, 0) is 14.8 Å². The summed E-state index contributed by atoms with van der Waals surface area (Å²) >= 11 is 0. The van der Waals surface area contributed by atoms with Crippen molar-refractivity contribution >= 4 is 21.6 Å². The van der Waals surface area contributed by atoms with Crippen molar-refractivity contribution in [2.45, 2.75) is 45.6 Å². The lowest BCUT2D eigenvalue weighted by Gasteiger charge is -2.31. The van der Waals surface area contributed by atoms with Gasteiger partial charge < -0.3 is 10.2 Å². The number of carbonyl (C=O) groups is 1. The number of nitrogens with one attached hydrogen (secondary N) is 1. The van der Waals surface area contributed by atoms with Crippen LogP contribution in [0.5, 0.6) is 0 Å². The molecule has 7 heteroatoms. The summed E-state index contributed by atoms with van der Waals surface area (Å²) in [6, 6.07) is 6.47. The molecular weight excluding hydrogens is 350 g/mol. The lowest BCUT2D eigenvalue weighted by Crippen LogP contribution is -2.50. The molecule has 0 bridgehead atoms. The highest BCUT2D eigenvalue weighted by atomic mass is 32.2. The second-order valence-corrected chi connectivity index (χ2v) is 8.87. The van der Waals surface area contributed by atoms with Crippen molar-refractivity contribution < 1.29 is 13.2 Å². The first-order valence-corrected chi connectivity index (χ1v) is 11.2. The summed E-state index contributed by atoms with van der Waals surface area (Å²) in [5, 5.41) is 2.93. The second-order valence-electron chi connectivity index (χ2n) is 7.01. The Hall–Kier alpha value is -1.60. The molecular formula is C19H31N3O3S. The van der Waals surface area contributed by atoms with Crippen LogP contribution in [0.1, 0.15) is 38.2 Å². The van der Waals surface area contributed by atoms with E-state index in [1.54, 1.807) is 12.1 Å². The maximum absolute atomic E-state index is 12.7. The van der Waals surface area contributed by atoms with Gasteiger partial charge in [-0.25, -0.2) is 8.42 Å². The molecule has 0 radical (unpaired) electrons. The van der Waals surface area contributed by atoms with Crippen molar-refractivity contribution in [1.82, 2.24) is 10.2 Å². The molecule has 0 aromatic heterocycles. The predicted molar refractivity (Wildman–Crippen MR) is 106 cm³/mol. The summed E-state index contributed by atoms with van der Waals surface area (Å²) in [6.07, 6.45) is 5.26. The van der Waals surface area contributed by atoms with Gasteiger partial charge in [-0.2, -0.15) is 0 Å². The molecule has 1 unspecified atom stereocenters. The molecule has 1 aliphatic heterocycles. The molecule has 146 valence electrons. The Balaban J connectivity index is 2.06. The molecule has 1 heterocycles. The fraction of sp³-hybridized carbons (Fsp3) is 0.632. The summed E-state index contributed by atoms with van der Waals surface area (Å²) in [7, 11) is -3.57. The van der Waals surface area contributed by atoms with E-state index in [1.807, 2.05) is 26.0 Å². The Bertz CT molecular complexity index is 682. The van der Waals surface area contributed by atoms with E-state index >= 15 is 0 Å². The Morgan fingerprint density at radius 3 is 2.35 bits per heavy atom. The summed E-state index contributed by atoms with van der Waals surface area (Å²) < 4.78 is 26.0. The van der Waals surface area contributed by atoms with Gasteiger partial charge in [0.2, 0.25) is 15.9 Å². The molecule has 26 heavy (non-hydrogen) atoms. The topological polar surface area (TPSA) is 69.7 Å². The van der Waals surface area contributed by atoms with Gasteiger partial charge in [-0.3, -0.25) is 9.10 Å². The van der Waals surface area contributed by atoms with Crippen LogP contribution < -0.4 is 9.62 Å². The van der Waals surface area contributed by atoms with Crippen molar-refractivity contribution in [3.8, 4) is 0 Å². The van der Waals surface area contributed by atoms with E-state index in [1.165, 1.54) is 23.6 Å². The van der Waals surface area contributed by atoms with E-state index < -0.39 is 16.1 Å². The molecule has 6 nitrogen and oxygen atoms in total. The summed E-state index contributed by atoms with van der Waals surface area (Å²) in [5.41, 5.74) is 1.57. The number of amides is 1. The van der Waals surface area contributed by atoms with Crippen LogP contribution >= 0.6 is 0 Å². The van der Waals surface area contributed by atoms with Crippen molar-refractivity contribution in [3.05, 3.63) is 29.8 Å². The Labute approximate surface area is 157 Å². The smallest absolute Gasteiger partial charge is 0.243 e. The van der Waals surface area contributed by atoms with E-state index in [9.17, 15) is 13.2 Å². The molecule has 1 aliphatic rings. The van der Waals surface area contributed by atoms with E-state index in [2.05, 4.69) is 10.2 Å². The van der Waals surface area contributed by atoms with Crippen molar-refractivity contribution in [2.24, 2.45) is 0 Å². The van der Waals surface area contributed by atoms with Crippen LogP contribution in [0.3, 0.4) is 0 Å². The fourth-order valence-corrected chi connectivity index (χ4v) is 4.60. The number of sulfonamides is 1. The number of nitrogens with zero attached hydrogens (tertiary/aromatic N) is 2. The first-order valence-electron chi connectivity index (χ1n) is 9.39. The van der Waals surface area contributed by atoms with Crippen LogP contribution in [-0.4, -0.2) is 57.7 Å². The number of anilines is 1. The number of aryl methyl sites for hydroxylation is 1. The van der Waals surface area contributed by atoms with Gasteiger partial charge in [0.05, 0.1) is 11.9 Å². The first kappa shape index (κ1) is 20.7. The molecule has 1 aromatic carbocycles. The number of hydrogen-bond donors (Lipinski definition) is 1. The van der Waals surface area contributed by atoms with Crippen molar-refractivity contribution in [3.63, 3.8) is 0 Å². The molecule has 0 aliphatic carbocycles. The highest BCUT2D eigenvalue weighted by Gasteiger charge is 2.31. The van der Waals surface area contributed by atoms with E-state index in [-0.39, 0.29) is 5.91 Å². The second kappa shape index (κ2) is 9.37. The van der Waals surface area contributed by atoms with Gasteiger partial charge >= 0.3 is 0 Å². The average Bonchev–Trinajstić information content (AvgIpc) is 2.60. The van der Waals surface area contributed by atoms with E-state index in [0.717, 1.165) is 31.5 Å². The number of likely N-dealkylation sites (tertiary alicyclic amines) is 1. The third kappa shape index (κ3) is 5.71. The maximum Gasteiger partial charge on any atom is 0.243 e. The lowest BCUT2D eigenvalue weighted by atomic mass is 10.1. The van der Waals surface area contributed by atoms with E-state index in [4.69, 9.17) is 0 Å². The normalized spacial score (nSPS) is 16.9. The standard InChI is InChI=1S/C19H31N3O3S/c1-4-18(19(23)20-12-15-21-13-6-5-7-14-21)22(26(3,24)25)17-10-8-16(2)9-11-17/h8-11,18H,4-7,12-15H2,1-3H3,(H,20,23). The SMILES string of the molecule is CCC(C(=O)NCCN1CCCCC1)N(c1ccc(C)cc1)S(C)(=O)=O. The van der Waals surface area contributed by atoms with Crippen molar-refractivity contribution in [2.75, 3.05) is 36.7 Å². The molecule has 1 atom stereocenters. The molecule has 1 saturated heterocycles. The van der Waals surface area contributed by atoms with Crippen LogP contribution in [0, 0.1) is 6.92 Å². The molecule has 0 saturated carbocycles. The maximum atomic E-state index is 12.7. The molecule has 1 amide bonds. The quantitative estimate of drug-likeness (QED) is 0.749. The largest absolute Gasteiger partial charge is 0.353 e. The Kier molecular flexibility index (Phi) is 7.46. The zero-order chi connectivity index (χ0) is 19.2. The van der Waals surface area contributed by atoms with Gasteiger partial charge in [-0.15, -0.1) is 0 Å². The van der Waals surface area contributed by atoms with Gasteiger partial charge in [0.15, 0.2) is 0 Å². The minimum atomic E-state index is -3.57. The highest BCUT2D eigenvalue weighted by molar-refractivity contribution is 7.92. The summed E-state index contributed by atoms with van der Waals surface area (Å²) in [4.78, 5) is 15.1. The molecule has 1 N–H and O–H groups in total. The summed E-state index contributed by atoms with van der Waals surface area (Å²) in [6.45, 7) is 7.28. The first-order chi connectivity index (χ1) is 12.3. The van der Waals surface area contributed by atoms with Crippen LogP contribution in [0.2, 0.25) is 0 Å². The fourth-order valence-electron chi connectivity index (χ4n) is 3.39. The van der Waals surface area contributed by atoms with Crippen molar-refractivity contribution in [1.29, 1.82) is 0 Å². The van der Waals surface area contributed by atoms with Gasteiger partial charge in [0, 0.05) is 13.1 Å². The Morgan fingerprint density at radius 1 is 1.19 bits per heavy atom. The molecule has 1 aromatic rings. The van der Waals surface area contributed by atoms with Crippen LogP contribution in [0.25, 0.3) is 0 Å². The minimum Gasteiger partial charge on any atom is -0.353 e. The molecule has 0 spiro atoms. The van der Waals surface area contributed by atoms with Gasteiger partial charge in [-0.05, 0) is 51.4 Å². The third-order valence-corrected chi connectivity index (χ3v) is 5.97. The zero-order valence-corrected chi connectivity index (χ0v) is 16.9. The highest BCUT2D eigenvalue weighted by Crippen LogP contribution is 2.23. The lowest BCUT2D eigenvalue weighted by molar-refractivity contribution is -0.122. The van der Waals surface area contributed by atoms with Gasteiger partial charge in [0.25, 0.3) is 0 Å². The predicted octanol–water partition coefficient (Wildman–Crippen LogP) is 2.14. The molecule has 1 fully saturated rings. The van der Waals surface area contributed by atoms with Crippen LogP contribution in [0.15, 0.2) is 24.3 Å². The monoisotopic (exact) mass is 381 g/mol. The minimum absolute atomic E-state index is 0.240. The van der Waals surface area contributed by atoms with Gasteiger partial charge in [-0.1, -0.05) is 31.0 Å². The third-order valence-electron chi connectivity index (χ3n) is 4.79. The number of hydrogen-bond acceptors (Lipinski definition) is 4. The van der Waals surface area contributed by atoms with Gasteiger partial charge in [0.1, 0.15) is 6.04 Å².